The molecule has 0 aromatic rings. The molecule has 1 saturated heterocycles. The van der Waals surface area contributed by atoms with Gasteiger partial charge in [-0.05, 0) is 18.3 Å². The second-order valence-corrected chi connectivity index (χ2v) is 6.46. The fourth-order valence-electron chi connectivity index (χ4n) is 2.25. The zero-order valence-corrected chi connectivity index (χ0v) is 9.76. The van der Waals surface area contributed by atoms with Gasteiger partial charge in [0, 0.05) is 0 Å². The maximum atomic E-state index is 11.2. The molecule has 14 heavy (non-hydrogen) atoms. The molecule has 1 rings (SSSR count). The quantitative estimate of drug-likeness (QED) is 0.775. The molecule has 0 aliphatic carbocycles. The predicted molar refractivity (Wildman–Crippen MR) is 56.8 cm³/mol. The van der Waals surface area contributed by atoms with Crippen molar-refractivity contribution in [3.63, 3.8) is 0 Å². The molecule has 1 aliphatic heterocycles. The Morgan fingerprint density at radius 2 is 1.93 bits per heavy atom. The Labute approximate surface area is 86.4 Å². The van der Waals surface area contributed by atoms with Gasteiger partial charge in [0.05, 0.1) is 17.6 Å². The fraction of sp³-hybridized carbons (Fsp3) is 1.00. The van der Waals surface area contributed by atoms with Crippen LogP contribution in [-0.4, -0.2) is 31.1 Å². The number of hydrogen-bond acceptors (Lipinski definition) is 3. The molecule has 0 spiro atoms. The molecule has 2 atom stereocenters. The molecular weight excluding hydrogens is 200 g/mol. The molecular formula is C10H20O3S. The van der Waals surface area contributed by atoms with Crippen molar-refractivity contribution in [1.82, 2.24) is 0 Å². The van der Waals surface area contributed by atoms with Crippen LogP contribution < -0.4 is 0 Å². The van der Waals surface area contributed by atoms with Crippen LogP contribution in [0.1, 0.15) is 33.1 Å². The van der Waals surface area contributed by atoms with Crippen LogP contribution in [-0.2, 0) is 9.84 Å². The van der Waals surface area contributed by atoms with Crippen LogP contribution in [0.5, 0.6) is 0 Å². The highest BCUT2D eigenvalue weighted by Gasteiger charge is 2.35. The van der Waals surface area contributed by atoms with Crippen molar-refractivity contribution < 1.29 is 13.5 Å². The lowest BCUT2D eigenvalue weighted by Crippen LogP contribution is -2.29. The van der Waals surface area contributed by atoms with E-state index in [9.17, 15) is 13.5 Å². The highest BCUT2D eigenvalue weighted by Crippen LogP contribution is 2.28. The Hall–Kier alpha value is -0.0900. The van der Waals surface area contributed by atoms with Crippen LogP contribution in [0.15, 0.2) is 0 Å². The SMILES string of the molecule is CCC(CC)C(O)C1CCS(=O)(=O)C1. The van der Waals surface area contributed by atoms with E-state index in [1.54, 1.807) is 0 Å². The third-order valence-electron chi connectivity index (χ3n) is 3.28. The molecule has 3 nitrogen and oxygen atoms in total. The summed E-state index contributed by atoms with van der Waals surface area (Å²) in [6.07, 6.45) is 2.06. The van der Waals surface area contributed by atoms with E-state index in [0.29, 0.717) is 6.42 Å². The van der Waals surface area contributed by atoms with Crippen molar-refractivity contribution in [2.24, 2.45) is 11.8 Å². The summed E-state index contributed by atoms with van der Waals surface area (Å²) in [7, 11) is -2.85. The minimum absolute atomic E-state index is 0.0232. The lowest BCUT2D eigenvalue weighted by atomic mass is 9.87. The van der Waals surface area contributed by atoms with Crippen LogP contribution in [0.4, 0.5) is 0 Å². The summed E-state index contributed by atoms with van der Waals surface area (Å²) in [4.78, 5) is 0. The van der Waals surface area contributed by atoms with Gasteiger partial charge in [0.1, 0.15) is 0 Å². The van der Waals surface area contributed by atoms with Crippen molar-refractivity contribution in [2.45, 2.75) is 39.2 Å². The van der Waals surface area contributed by atoms with Gasteiger partial charge >= 0.3 is 0 Å². The zero-order valence-electron chi connectivity index (χ0n) is 8.94. The molecule has 1 aliphatic rings. The van der Waals surface area contributed by atoms with Crippen LogP contribution in [0.3, 0.4) is 0 Å². The molecule has 1 heterocycles. The predicted octanol–water partition coefficient (Wildman–Crippen LogP) is 1.22. The summed E-state index contributed by atoms with van der Waals surface area (Å²) in [5.74, 6) is 0.678. The fourth-order valence-corrected chi connectivity index (χ4v) is 4.09. The Morgan fingerprint density at radius 3 is 2.29 bits per heavy atom. The van der Waals surface area contributed by atoms with Gasteiger partial charge in [0.15, 0.2) is 9.84 Å². The summed E-state index contributed by atoms with van der Waals surface area (Å²) < 4.78 is 22.5. The number of aliphatic hydroxyl groups is 1. The van der Waals surface area contributed by atoms with Gasteiger partial charge in [-0.15, -0.1) is 0 Å². The van der Waals surface area contributed by atoms with Gasteiger partial charge in [-0.25, -0.2) is 8.42 Å². The first-order valence-electron chi connectivity index (χ1n) is 5.38. The number of aliphatic hydroxyl groups excluding tert-OH is 1. The van der Waals surface area contributed by atoms with E-state index in [1.807, 2.05) is 13.8 Å². The monoisotopic (exact) mass is 220 g/mol. The van der Waals surface area contributed by atoms with E-state index in [4.69, 9.17) is 0 Å². The second-order valence-electron chi connectivity index (χ2n) is 4.23. The van der Waals surface area contributed by atoms with E-state index < -0.39 is 15.9 Å². The van der Waals surface area contributed by atoms with E-state index >= 15 is 0 Å². The highest BCUT2D eigenvalue weighted by molar-refractivity contribution is 7.91. The largest absolute Gasteiger partial charge is 0.393 e. The third-order valence-corrected chi connectivity index (χ3v) is 5.08. The molecule has 0 amide bonds. The summed E-state index contributed by atoms with van der Waals surface area (Å²) in [6.45, 7) is 4.08. The van der Waals surface area contributed by atoms with Gasteiger partial charge in [0.2, 0.25) is 0 Å². The van der Waals surface area contributed by atoms with Gasteiger partial charge in [-0.3, -0.25) is 0 Å². The summed E-state index contributed by atoms with van der Waals surface area (Å²) in [6, 6.07) is 0. The molecule has 1 N–H and O–H groups in total. The minimum atomic E-state index is -2.85. The Bertz CT molecular complexity index is 267. The van der Waals surface area contributed by atoms with Crippen LogP contribution in [0.25, 0.3) is 0 Å². The molecule has 84 valence electrons. The van der Waals surface area contributed by atoms with Gasteiger partial charge in [-0.2, -0.15) is 0 Å². The maximum absolute atomic E-state index is 11.2. The average Bonchev–Trinajstić information content (AvgIpc) is 2.48. The minimum Gasteiger partial charge on any atom is -0.393 e. The Morgan fingerprint density at radius 1 is 1.36 bits per heavy atom. The van der Waals surface area contributed by atoms with Crippen molar-refractivity contribution in [1.29, 1.82) is 0 Å². The molecule has 0 aromatic heterocycles. The third kappa shape index (κ3) is 2.70. The smallest absolute Gasteiger partial charge is 0.150 e. The number of rotatable bonds is 4. The Kier molecular flexibility index (Phi) is 3.95. The standard InChI is InChI=1S/C10H20O3S/c1-3-8(4-2)10(11)9-5-6-14(12,13)7-9/h8-11H,3-7H2,1-2H3. The maximum Gasteiger partial charge on any atom is 0.150 e. The van der Waals surface area contributed by atoms with Gasteiger partial charge < -0.3 is 5.11 Å². The second kappa shape index (κ2) is 4.62. The van der Waals surface area contributed by atoms with Gasteiger partial charge in [0.25, 0.3) is 0 Å². The van der Waals surface area contributed by atoms with E-state index in [1.165, 1.54) is 0 Å². The van der Waals surface area contributed by atoms with E-state index in [0.717, 1.165) is 12.8 Å². The summed E-state index contributed by atoms with van der Waals surface area (Å²) in [5, 5.41) is 9.98. The van der Waals surface area contributed by atoms with Crippen molar-refractivity contribution >= 4 is 9.84 Å². The molecule has 0 aromatic carbocycles. The molecule has 0 radical (unpaired) electrons. The molecule has 4 heteroatoms. The topological polar surface area (TPSA) is 54.4 Å². The summed E-state index contributed by atoms with van der Waals surface area (Å²) in [5.41, 5.74) is 0. The molecule has 2 unspecified atom stereocenters. The first-order chi connectivity index (χ1) is 6.50. The molecule has 0 saturated carbocycles. The number of sulfone groups is 1. The van der Waals surface area contributed by atoms with E-state index in [-0.39, 0.29) is 23.3 Å². The zero-order chi connectivity index (χ0) is 10.8. The van der Waals surface area contributed by atoms with E-state index in [2.05, 4.69) is 0 Å². The lowest BCUT2D eigenvalue weighted by Gasteiger charge is -2.24. The highest BCUT2D eigenvalue weighted by atomic mass is 32.2. The molecule has 1 fully saturated rings. The average molecular weight is 220 g/mol. The lowest BCUT2D eigenvalue weighted by molar-refractivity contribution is 0.0562. The van der Waals surface area contributed by atoms with Crippen LogP contribution in [0.2, 0.25) is 0 Å². The van der Waals surface area contributed by atoms with Crippen molar-refractivity contribution in [3.05, 3.63) is 0 Å². The normalized spacial score (nSPS) is 28.1. The van der Waals surface area contributed by atoms with Crippen molar-refractivity contribution in [2.75, 3.05) is 11.5 Å². The van der Waals surface area contributed by atoms with Crippen LogP contribution in [0, 0.1) is 11.8 Å². The Balaban J connectivity index is 2.58. The van der Waals surface area contributed by atoms with Crippen LogP contribution >= 0.6 is 0 Å². The molecule has 0 bridgehead atoms. The van der Waals surface area contributed by atoms with Crippen molar-refractivity contribution in [3.8, 4) is 0 Å². The first-order valence-corrected chi connectivity index (χ1v) is 7.20. The summed E-state index contributed by atoms with van der Waals surface area (Å²) >= 11 is 0. The number of hydrogen-bond donors (Lipinski definition) is 1. The van der Waals surface area contributed by atoms with Gasteiger partial charge in [-0.1, -0.05) is 26.7 Å². The first kappa shape index (κ1) is 12.0.